The van der Waals surface area contributed by atoms with Gasteiger partial charge in [0.2, 0.25) is 0 Å². The standard InChI is InChI=1S/2C54H33N3O2/c1-3-13-38(14-4-1)55-44-19-9-7-17-40(44)42-29-34(23-26-46(42)55)36-25-28-49-51(31-36)59-53-33-37(32-52-54(53)57(49)48-21-11-12-22-50(48)58-52)35-24-27-47-43(30-35)41-18-8-10-20-45(41)56(47)39-15-5-2-6-16-39;1-3-13-34(14-4-1)36-23-26-42-40-17-7-9-19-44(40)55(48(42)29-36)38-25-28-47-51(31-38)59-53-33-39(32-52-54(53)57(47)46-21-11-12-22-50(46)58-52)56-45-20-10-8-18-41(45)43-27-24-37(30-49(43)56)35-15-5-2-6-16-35/h2*1-33H. The minimum absolute atomic E-state index is 0.732. The van der Waals surface area contributed by atoms with Crippen LogP contribution in [0.4, 0.5) is 34.1 Å². The van der Waals surface area contributed by atoms with Gasteiger partial charge in [0.15, 0.2) is 46.0 Å². The second-order valence-electron chi connectivity index (χ2n) is 30.7. The summed E-state index contributed by atoms with van der Waals surface area (Å²) >= 11 is 0. The normalized spacial score (nSPS) is 12.6. The van der Waals surface area contributed by atoms with E-state index in [1.54, 1.807) is 0 Å². The van der Waals surface area contributed by atoms with Crippen LogP contribution in [-0.4, -0.2) is 18.3 Å². The molecule has 0 fully saturated rings. The molecule has 10 nitrogen and oxygen atoms in total. The molecule has 0 bridgehead atoms. The molecule has 0 saturated carbocycles. The number of para-hydroxylation sites is 10. The second-order valence-corrected chi connectivity index (χ2v) is 30.7. The van der Waals surface area contributed by atoms with E-state index in [4.69, 9.17) is 18.9 Å². The van der Waals surface area contributed by atoms with E-state index in [1.165, 1.54) is 76.3 Å². The molecule has 0 N–H and O–H groups in total. The number of rotatable bonds is 8. The predicted octanol–water partition coefficient (Wildman–Crippen LogP) is 29.8. The highest BCUT2D eigenvalue weighted by Gasteiger charge is 2.38. The average Bonchev–Trinajstić information content (AvgIpc) is 1.22. The molecule has 4 aromatic heterocycles. The molecule has 18 aromatic carbocycles. The minimum atomic E-state index is 0.732. The molecule has 0 aliphatic carbocycles. The van der Waals surface area contributed by atoms with Crippen LogP contribution in [-0.2, 0) is 0 Å². The quantitative estimate of drug-likeness (QED) is 0.151. The van der Waals surface area contributed by atoms with Crippen molar-refractivity contribution in [2.45, 2.75) is 0 Å². The lowest BCUT2D eigenvalue weighted by Crippen LogP contribution is -2.20. The lowest BCUT2D eigenvalue weighted by Gasteiger charge is -2.38. The van der Waals surface area contributed by atoms with E-state index in [1.807, 2.05) is 24.3 Å². The molecule has 118 heavy (non-hydrogen) atoms. The third-order valence-electron chi connectivity index (χ3n) is 24.1. The molecule has 0 saturated heterocycles. The number of fused-ring (bicyclic) bond motifs is 20. The minimum Gasteiger partial charge on any atom is -0.453 e. The van der Waals surface area contributed by atoms with Gasteiger partial charge in [0.05, 0.1) is 78.3 Å². The lowest BCUT2D eigenvalue weighted by atomic mass is 9.98. The molecule has 0 atom stereocenters. The molecule has 4 aliphatic heterocycles. The highest BCUT2D eigenvalue weighted by molar-refractivity contribution is 6.15. The van der Waals surface area contributed by atoms with Crippen molar-refractivity contribution in [3.8, 4) is 113 Å². The van der Waals surface area contributed by atoms with E-state index in [9.17, 15) is 0 Å². The van der Waals surface area contributed by atoms with E-state index < -0.39 is 0 Å². The van der Waals surface area contributed by atoms with E-state index in [2.05, 4.69) is 404 Å². The van der Waals surface area contributed by atoms with E-state index >= 15 is 0 Å². The van der Waals surface area contributed by atoms with Crippen LogP contribution in [0.25, 0.3) is 154 Å². The number of hydrogen-bond donors (Lipinski definition) is 0. The third-order valence-corrected chi connectivity index (χ3v) is 24.1. The Labute approximate surface area is 677 Å². The van der Waals surface area contributed by atoms with Crippen molar-refractivity contribution in [2.75, 3.05) is 9.80 Å². The summed E-state index contributed by atoms with van der Waals surface area (Å²) in [6.07, 6.45) is 0. The van der Waals surface area contributed by atoms with E-state index in [-0.39, 0.29) is 0 Å². The van der Waals surface area contributed by atoms with Crippen molar-refractivity contribution in [2.24, 2.45) is 0 Å². The Morgan fingerprint density at radius 1 is 0.144 bits per heavy atom. The molecule has 22 aromatic rings. The van der Waals surface area contributed by atoms with Crippen LogP contribution < -0.4 is 28.7 Å². The summed E-state index contributed by atoms with van der Waals surface area (Å²) in [6, 6.07) is 142. The van der Waals surface area contributed by atoms with Gasteiger partial charge in [-0.1, -0.05) is 237 Å². The Hall–Kier alpha value is -16.0. The largest absolute Gasteiger partial charge is 0.453 e. The van der Waals surface area contributed by atoms with Crippen LogP contribution in [0.3, 0.4) is 0 Å². The molecule has 10 heteroatoms. The maximum absolute atomic E-state index is 7.10. The molecule has 0 spiro atoms. The Bertz CT molecular complexity index is 7960. The van der Waals surface area contributed by atoms with Crippen molar-refractivity contribution in [1.29, 1.82) is 0 Å². The zero-order chi connectivity index (χ0) is 77.2. The summed E-state index contributed by atoms with van der Waals surface area (Å²) in [4.78, 5) is 4.60. The van der Waals surface area contributed by atoms with Gasteiger partial charge in [-0.25, -0.2) is 0 Å². The molecule has 0 radical (unpaired) electrons. The Kier molecular flexibility index (Phi) is 14.3. The second kappa shape index (κ2) is 25.7. The van der Waals surface area contributed by atoms with E-state index in [0.29, 0.717) is 0 Å². The fourth-order valence-electron chi connectivity index (χ4n) is 18.9. The Morgan fingerprint density at radius 3 is 0.924 bits per heavy atom. The first kappa shape index (κ1) is 65.5. The fourth-order valence-corrected chi connectivity index (χ4v) is 18.9. The maximum Gasteiger partial charge on any atom is 0.157 e. The first-order valence-corrected chi connectivity index (χ1v) is 40.0. The van der Waals surface area contributed by atoms with Crippen LogP contribution in [0.1, 0.15) is 0 Å². The molecular weight excluding hydrogens is 1450 g/mol. The smallest absolute Gasteiger partial charge is 0.157 e. The first-order chi connectivity index (χ1) is 58.5. The van der Waals surface area contributed by atoms with Crippen molar-refractivity contribution < 1.29 is 18.9 Å². The molecule has 0 amide bonds. The number of nitrogens with zero attached hydrogens (tertiary/aromatic N) is 6. The van der Waals surface area contributed by atoms with Gasteiger partial charge in [-0.05, 0) is 190 Å². The van der Waals surface area contributed by atoms with Gasteiger partial charge in [-0.2, -0.15) is 0 Å². The van der Waals surface area contributed by atoms with Crippen LogP contribution in [0, 0.1) is 0 Å². The SMILES string of the molecule is c1ccc(-c2ccc3c4ccccc4n(-c4ccc5c(c4)Oc4cc(-n6c7ccccc7c7ccc(-c8ccccc8)cc76)cc6c4N5c4ccccc4O6)c3c2)cc1.c1ccc(-n2c3ccccc3c3cc(-c4ccc5c(c4)Oc4cc(-c6ccc7c(c6)c6ccccc6n7-c6ccccc6)cc6c4N5c4ccccc4O6)ccc32)cc1. The number of anilines is 6. The summed E-state index contributed by atoms with van der Waals surface area (Å²) < 4.78 is 37.0. The van der Waals surface area contributed by atoms with Crippen LogP contribution >= 0.6 is 0 Å². The van der Waals surface area contributed by atoms with Crippen LogP contribution in [0.5, 0.6) is 46.0 Å². The lowest BCUT2D eigenvalue weighted by molar-refractivity contribution is 0.445. The van der Waals surface area contributed by atoms with Gasteiger partial charge in [-0.15, -0.1) is 0 Å². The highest BCUT2D eigenvalue weighted by Crippen LogP contribution is 2.63. The van der Waals surface area contributed by atoms with Gasteiger partial charge < -0.3 is 37.2 Å². The van der Waals surface area contributed by atoms with Crippen molar-refractivity contribution in [1.82, 2.24) is 18.3 Å². The molecule has 4 aliphatic rings. The first-order valence-electron chi connectivity index (χ1n) is 40.0. The maximum atomic E-state index is 7.10. The van der Waals surface area contributed by atoms with Gasteiger partial charge >= 0.3 is 0 Å². The topological polar surface area (TPSA) is 63.1 Å². The third kappa shape index (κ3) is 10.1. The zero-order valence-electron chi connectivity index (χ0n) is 63.4. The van der Waals surface area contributed by atoms with Gasteiger partial charge in [0.1, 0.15) is 11.4 Å². The van der Waals surface area contributed by atoms with Crippen LogP contribution in [0.2, 0.25) is 0 Å². The van der Waals surface area contributed by atoms with Crippen molar-refractivity contribution in [3.63, 3.8) is 0 Å². The highest BCUT2D eigenvalue weighted by atomic mass is 16.5. The van der Waals surface area contributed by atoms with Crippen molar-refractivity contribution in [3.05, 3.63) is 400 Å². The van der Waals surface area contributed by atoms with Crippen LogP contribution in [0.15, 0.2) is 400 Å². The van der Waals surface area contributed by atoms with Crippen molar-refractivity contribution >= 4 is 121 Å². The predicted molar refractivity (Wildman–Crippen MR) is 482 cm³/mol. The number of ether oxygens (including phenoxy) is 4. The monoisotopic (exact) mass is 1510 g/mol. The molecule has 0 unspecified atom stereocenters. The van der Waals surface area contributed by atoms with Gasteiger partial charge in [-0.3, -0.25) is 9.80 Å². The van der Waals surface area contributed by atoms with E-state index in [0.717, 1.165) is 158 Å². The Balaban J connectivity index is 0.000000131. The molecule has 8 heterocycles. The molecule has 552 valence electrons. The Morgan fingerprint density at radius 2 is 0.441 bits per heavy atom. The summed E-state index contributed by atoms with van der Waals surface area (Å²) in [5, 5.41) is 9.66. The summed E-state index contributed by atoms with van der Waals surface area (Å²) in [5.74, 6) is 6.16. The number of aromatic nitrogens is 4. The zero-order valence-corrected chi connectivity index (χ0v) is 63.4. The summed E-state index contributed by atoms with van der Waals surface area (Å²) in [5.41, 5.74) is 28.2. The van der Waals surface area contributed by atoms with Gasteiger partial charge in [0, 0.05) is 72.7 Å². The molecular formula is C108H66N6O4. The number of hydrogen-bond acceptors (Lipinski definition) is 6. The summed E-state index contributed by atoms with van der Waals surface area (Å²) in [7, 11) is 0. The fraction of sp³-hybridized carbons (Fsp3) is 0. The summed E-state index contributed by atoms with van der Waals surface area (Å²) in [6.45, 7) is 0. The number of benzene rings is 18. The average molecular weight is 1510 g/mol. The van der Waals surface area contributed by atoms with Gasteiger partial charge in [0.25, 0.3) is 0 Å². The molecule has 26 rings (SSSR count).